The Labute approximate surface area is 53.9 Å². The molecular weight excluding hydrogens is 122 g/mol. The molecule has 4 nitrogen and oxygen atoms in total. The number of rotatable bonds is 2. The molecule has 54 valence electrons. The highest BCUT2D eigenvalue weighted by Gasteiger charge is 2.32. The molecule has 0 amide bonds. The fourth-order valence-electron chi connectivity index (χ4n) is 0.694. The first-order chi connectivity index (χ1) is 4.27. The van der Waals surface area contributed by atoms with Crippen LogP contribution in [-0.4, -0.2) is 25.9 Å². The molecule has 4 heteroatoms. The van der Waals surface area contributed by atoms with E-state index in [0.717, 1.165) is 0 Å². The molecule has 0 aromatic carbocycles. The van der Waals surface area contributed by atoms with Gasteiger partial charge in [-0.15, -0.1) is 0 Å². The quantitative estimate of drug-likeness (QED) is 0.522. The highest BCUT2D eigenvalue weighted by Crippen LogP contribution is 2.12. The van der Waals surface area contributed by atoms with Gasteiger partial charge in [-0.1, -0.05) is 0 Å². The van der Waals surface area contributed by atoms with Crippen LogP contribution < -0.4 is 5.73 Å². The van der Waals surface area contributed by atoms with Crippen LogP contribution in [0.1, 0.15) is 6.92 Å². The largest absolute Gasteiger partial charge is 0.348 e. The molecule has 0 aromatic rings. The maximum atomic E-state index is 5.40. The molecule has 1 saturated heterocycles. The summed E-state index contributed by atoms with van der Waals surface area (Å²) in [6.45, 7) is 3.35. The summed E-state index contributed by atoms with van der Waals surface area (Å²) in [5.74, 6) is 0. The molecule has 0 bridgehead atoms. The van der Waals surface area contributed by atoms with Gasteiger partial charge in [-0.2, -0.15) is 0 Å². The van der Waals surface area contributed by atoms with E-state index in [1.54, 1.807) is 0 Å². The second kappa shape index (κ2) is 2.62. The molecule has 0 saturated carbocycles. The van der Waals surface area contributed by atoms with Gasteiger partial charge in [0.2, 0.25) is 0 Å². The normalized spacial score (nSPS) is 24.7. The zero-order chi connectivity index (χ0) is 6.74. The first-order valence-electron chi connectivity index (χ1n) is 2.97. The molecule has 1 aliphatic heterocycles. The van der Waals surface area contributed by atoms with Crippen molar-refractivity contribution in [1.82, 2.24) is 0 Å². The third-order valence-corrected chi connectivity index (χ3v) is 1.04. The lowest BCUT2D eigenvalue weighted by Crippen LogP contribution is -2.43. The van der Waals surface area contributed by atoms with Gasteiger partial charge in [-0.05, 0) is 6.92 Å². The second-order valence-corrected chi connectivity index (χ2v) is 1.73. The third kappa shape index (κ3) is 1.62. The molecule has 0 aromatic heterocycles. The van der Waals surface area contributed by atoms with Crippen molar-refractivity contribution in [3.05, 3.63) is 0 Å². The average molecular weight is 133 g/mol. The van der Waals surface area contributed by atoms with Crippen molar-refractivity contribution in [2.45, 2.75) is 13.0 Å². The fourth-order valence-corrected chi connectivity index (χ4v) is 0.694. The van der Waals surface area contributed by atoms with E-state index in [4.69, 9.17) is 19.9 Å². The minimum atomic E-state index is -1.26. The Morgan fingerprint density at radius 2 is 2.11 bits per heavy atom. The predicted octanol–water partition coefficient (Wildman–Crippen LogP) is -0.360. The van der Waals surface area contributed by atoms with E-state index >= 15 is 0 Å². The minimum absolute atomic E-state index is 0.497. The summed E-state index contributed by atoms with van der Waals surface area (Å²) in [6, 6.07) is 0. The van der Waals surface area contributed by atoms with Gasteiger partial charge in [0, 0.05) is 0 Å². The third-order valence-electron chi connectivity index (χ3n) is 1.04. The van der Waals surface area contributed by atoms with Crippen molar-refractivity contribution in [2.75, 3.05) is 19.8 Å². The molecule has 0 aliphatic carbocycles. The van der Waals surface area contributed by atoms with Crippen molar-refractivity contribution in [3.63, 3.8) is 0 Å². The van der Waals surface area contributed by atoms with E-state index in [0.29, 0.717) is 19.8 Å². The van der Waals surface area contributed by atoms with Gasteiger partial charge in [0.25, 0.3) is 0 Å². The SMILES string of the molecule is CCOC1(N)OCCO1. The van der Waals surface area contributed by atoms with Crippen LogP contribution in [0.15, 0.2) is 0 Å². The molecule has 1 rings (SSSR count). The molecule has 2 N–H and O–H groups in total. The lowest BCUT2D eigenvalue weighted by atomic mass is 10.8. The summed E-state index contributed by atoms with van der Waals surface area (Å²) in [5.41, 5.74) is 5.40. The Hall–Kier alpha value is -0.160. The van der Waals surface area contributed by atoms with E-state index in [1.807, 2.05) is 6.92 Å². The molecule has 0 spiro atoms. The van der Waals surface area contributed by atoms with Gasteiger partial charge >= 0.3 is 6.10 Å². The maximum absolute atomic E-state index is 5.40. The number of hydrogen-bond acceptors (Lipinski definition) is 4. The average Bonchev–Trinajstić information content (AvgIpc) is 2.16. The van der Waals surface area contributed by atoms with Crippen LogP contribution in [0.25, 0.3) is 0 Å². The Morgan fingerprint density at radius 1 is 1.56 bits per heavy atom. The molecule has 1 heterocycles. The standard InChI is InChI=1S/C5H11NO3/c1-2-7-5(6)8-3-4-9-5/h2-4,6H2,1H3. The van der Waals surface area contributed by atoms with Crippen molar-refractivity contribution in [2.24, 2.45) is 5.73 Å². The van der Waals surface area contributed by atoms with E-state index in [2.05, 4.69) is 0 Å². The lowest BCUT2D eigenvalue weighted by Gasteiger charge is -2.19. The monoisotopic (exact) mass is 133 g/mol. The number of nitrogens with two attached hydrogens (primary N) is 1. The van der Waals surface area contributed by atoms with Gasteiger partial charge in [-0.25, -0.2) is 0 Å². The summed E-state index contributed by atoms with van der Waals surface area (Å²) in [5, 5.41) is 0. The zero-order valence-corrected chi connectivity index (χ0v) is 5.42. The van der Waals surface area contributed by atoms with Crippen LogP contribution in [0.3, 0.4) is 0 Å². The Bertz CT molecular complexity index is 90.2. The van der Waals surface area contributed by atoms with Crippen LogP contribution in [0.2, 0.25) is 0 Å². The van der Waals surface area contributed by atoms with Crippen molar-refractivity contribution in [1.29, 1.82) is 0 Å². The van der Waals surface area contributed by atoms with Crippen LogP contribution >= 0.6 is 0 Å². The minimum Gasteiger partial charge on any atom is -0.315 e. The Balaban J connectivity index is 2.32. The summed E-state index contributed by atoms with van der Waals surface area (Å²) in [7, 11) is 0. The van der Waals surface area contributed by atoms with Crippen molar-refractivity contribution < 1.29 is 14.2 Å². The fraction of sp³-hybridized carbons (Fsp3) is 1.00. The molecule has 9 heavy (non-hydrogen) atoms. The van der Waals surface area contributed by atoms with Crippen LogP contribution in [0.5, 0.6) is 0 Å². The van der Waals surface area contributed by atoms with Gasteiger partial charge in [-0.3, -0.25) is 5.73 Å². The molecule has 0 atom stereocenters. The highest BCUT2D eigenvalue weighted by molar-refractivity contribution is 4.51. The van der Waals surface area contributed by atoms with Crippen LogP contribution in [0.4, 0.5) is 0 Å². The maximum Gasteiger partial charge on any atom is 0.348 e. The highest BCUT2D eigenvalue weighted by atomic mass is 16.9. The summed E-state index contributed by atoms with van der Waals surface area (Å²) in [6.07, 6.45) is -1.26. The number of ether oxygens (including phenoxy) is 3. The van der Waals surface area contributed by atoms with Gasteiger partial charge in [0.1, 0.15) is 0 Å². The molecule has 1 aliphatic rings. The van der Waals surface area contributed by atoms with E-state index in [9.17, 15) is 0 Å². The zero-order valence-electron chi connectivity index (χ0n) is 5.42. The van der Waals surface area contributed by atoms with Gasteiger partial charge in [0.05, 0.1) is 19.8 Å². The lowest BCUT2D eigenvalue weighted by molar-refractivity contribution is -0.325. The molecule has 1 fully saturated rings. The van der Waals surface area contributed by atoms with Crippen LogP contribution in [-0.2, 0) is 14.2 Å². The molecule has 0 unspecified atom stereocenters. The van der Waals surface area contributed by atoms with E-state index in [-0.39, 0.29) is 0 Å². The summed E-state index contributed by atoms with van der Waals surface area (Å²) >= 11 is 0. The Morgan fingerprint density at radius 3 is 2.56 bits per heavy atom. The van der Waals surface area contributed by atoms with Gasteiger partial charge in [0.15, 0.2) is 0 Å². The first kappa shape index (κ1) is 6.95. The Kier molecular flexibility index (Phi) is 2.02. The summed E-state index contributed by atoms with van der Waals surface area (Å²) in [4.78, 5) is 0. The van der Waals surface area contributed by atoms with E-state index in [1.165, 1.54) is 0 Å². The van der Waals surface area contributed by atoms with E-state index < -0.39 is 6.10 Å². The topological polar surface area (TPSA) is 53.7 Å². The summed E-state index contributed by atoms with van der Waals surface area (Å²) < 4.78 is 14.8. The second-order valence-electron chi connectivity index (χ2n) is 1.73. The van der Waals surface area contributed by atoms with Gasteiger partial charge < -0.3 is 14.2 Å². The molecule has 0 radical (unpaired) electrons. The predicted molar refractivity (Wildman–Crippen MR) is 30.4 cm³/mol. The van der Waals surface area contributed by atoms with Crippen molar-refractivity contribution >= 4 is 0 Å². The first-order valence-corrected chi connectivity index (χ1v) is 2.97. The van der Waals surface area contributed by atoms with Crippen molar-refractivity contribution in [3.8, 4) is 0 Å². The van der Waals surface area contributed by atoms with Crippen LogP contribution in [0, 0.1) is 0 Å². The molecular formula is C5H11NO3. The smallest absolute Gasteiger partial charge is 0.315 e. The number of hydrogen-bond donors (Lipinski definition) is 1.